The van der Waals surface area contributed by atoms with Crippen LogP contribution in [0.1, 0.15) is 48.7 Å². The van der Waals surface area contributed by atoms with Gasteiger partial charge in [0.05, 0.1) is 10.9 Å². The van der Waals surface area contributed by atoms with Crippen LogP contribution in [0.4, 0.5) is 13.2 Å². The van der Waals surface area contributed by atoms with E-state index in [1.54, 1.807) is 4.90 Å². The number of carbonyl (C=O) groups is 2. The Labute approximate surface area is 146 Å². The van der Waals surface area contributed by atoms with Crippen molar-refractivity contribution >= 4 is 23.2 Å². The number of likely N-dealkylation sites (tertiary alicyclic amines) is 1. The molecule has 1 aromatic heterocycles. The average Bonchev–Trinajstić information content (AvgIpc) is 3.23. The van der Waals surface area contributed by atoms with Gasteiger partial charge in [-0.1, -0.05) is 0 Å². The van der Waals surface area contributed by atoms with E-state index in [1.807, 2.05) is 0 Å². The van der Waals surface area contributed by atoms with Crippen LogP contribution in [0.3, 0.4) is 0 Å². The molecule has 0 bridgehead atoms. The van der Waals surface area contributed by atoms with Gasteiger partial charge in [-0.3, -0.25) is 9.59 Å². The Morgan fingerprint density at radius 2 is 1.96 bits per heavy atom. The highest BCUT2D eigenvalue weighted by atomic mass is 32.1. The van der Waals surface area contributed by atoms with Crippen LogP contribution in [0.25, 0.3) is 0 Å². The van der Waals surface area contributed by atoms with Gasteiger partial charge in [0.2, 0.25) is 5.91 Å². The third-order valence-electron chi connectivity index (χ3n) is 5.03. The number of hydrogen-bond acceptors (Lipinski definition) is 4. The molecule has 1 aliphatic heterocycles. The van der Waals surface area contributed by atoms with Gasteiger partial charge in [-0.15, -0.1) is 11.3 Å². The molecule has 1 saturated heterocycles. The number of carbonyl (C=O) groups excluding carboxylic acids is 1. The molecular formula is C16H19F3N2O3S. The van der Waals surface area contributed by atoms with Crippen LogP contribution in [0.15, 0.2) is 5.38 Å². The number of rotatable bonds is 3. The molecular weight excluding hydrogens is 357 g/mol. The zero-order valence-corrected chi connectivity index (χ0v) is 14.3. The Morgan fingerprint density at radius 1 is 1.24 bits per heavy atom. The highest BCUT2D eigenvalue weighted by Gasteiger charge is 2.38. The highest BCUT2D eigenvalue weighted by molar-refractivity contribution is 7.09. The maximum Gasteiger partial charge on any atom is 0.434 e. The van der Waals surface area contributed by atoms with Gasteiger partial charge in [0.15, 0.2) is 5.69 Å². The van der Waals surface area contributed by atoms with Gasteiger partial charge >= 0.3 is 12.1 Å². The zero-order chi connectivity index (χ0) is 18.2. The molecule has 25 heavy (non-hydrogen) atoms. The van der Waals surface area contributed by atoms with Crippen molar-refractivity contribution in [2.45, 2.75) is 44.2 Å². The van der Waals surface area contributed by atoms with E-state index >= 15 is 0 Å². The van der Waals surface area contributed by atoms with Gasteiger partial charge in [-0.2, -0.15) is 13.2 Å². The number of hydrogen-bond donors (Lipinski definition) is 1. The van der Waals surface area contributed by atoms with Crippen molar-refractivity contribution in [1.29, 1.82) is 0 Å². The van der Waals surface area contributed by atoms with E-state index in [0.29, 0.717) is 50.2 Å². The van der Waals surface area contributed by atoms with Crippen LogP contribution in [-0.2, 0) is 15.8 Å². The van der Waals surface area contributed by atoms with Gasteiger partial charge in [0, 0.05) is 30.3 Å². The fourth-order valence-corrected chi connectivity index (χ4v) is 4.63. The summed E-state index contributed by atoms with van der Waals surface area (Å²) in [5, 5.41) is 10.5. The van der Waals surface area contributed by atoms with Crippen molar-refractivity contribution in [2.75, 3.05) is 13.1 Å². The van der Waals surface area contributed by atoms with Crippen LogP contribution in [0, 0.1) is 11.8 Å². The van der Waals surface area contributed by atoms with E-state index in [1.165, 1.54) is 0 Å². The molecule has 1 aliphatic carbocycles. The van der Waals surface area contributed by atoms with Crippen molar-refractivity contribution in [2.24, 2.45) is 11.8 Å². The van der Waals surface area contributed by atoms with Gasteiger partial charge < -0.3 is 10.0 Å². The number of alkyl halides is 3. The minimum absolute atomic E-state index is 0.0685. The number of carboxylic acid groups (broad SMARTS) is 1. The van der Waals surface area contributed by atoms with E-state index in [9.17, 15) is 22.8 Å². The number of aromatic nitrogens is 1. The molecule has 3 rings (SSSR count). The molecule has 1 N–H and O–H groups in total. The molecule has 1 aromatic rings. The molecule has 5 nitrogen and oxygen atoms in total. The predicted molar refractivity (Wildman–Crippen MR) is 84.1 cm³/mol. The lowest BCUT2D eigenvalue weighted by Crippen LogP contribution is -2.42. The standard InChI is InChI=1S/C16H19F3N2O3S/c17-16(18,19)12-8-25-13(20-12)11-2-1-5-21(7-11)14(22)9-3-4-10(6-9)15(23)24/h8-11H,1-7H2,(H,23,24)/t9-,10+,11?/m0/s1. The normalized spacial score (nSPS) is 27.5. The summed E-state index contributed by atoms with van der Waals surface area (Å²) in [7, 11) is 0. The molecule has 2 heterocycles. The van der Waals surface area contributed by atoms with Crippen LogP contribution in [0.5, 0.6) is 0 Å². The van der Waals surface area contributed by atoms with E-state index < -0.39 is 23.8 Å². The van der Waals surface area contributed by atoms with E-state index in [2.05, 4.69) is 4.98 Å². The summed E-state index contributed by atoms with van der Waals surface area (Å²) in [5.41, 5.74) is -0.879. The van der Waals surface area contributed by atoms with Crippen LogP contribution in [-0.4, -0.2) is 40.0 Å². The first-order valence-corrected chi connectivity index (χ1v) is 9.18. The largest absolute Gasteiger partial charge is 0.481 e. The number of carboxylic acids is 1. The number of halogens is 3. The second-order valence-corrected chi connectivity index (χ2v) is 7.63. The molecule has 0 aromatic carbocycles. The average molecular weight is 376 g/mol. The summed E-state index contributed by atoms with van der Waals surface area (Å²) in [4.78, 5) is 29.1. The minimum atomic E-state index is -4.45. The summed E-state index contributed by atoms with van der Waals surface area (Å²) in [6, 6.07) is 0. The smallest absolute Gasteiger partial charge is 0.434 e. The fourth-order valence-electron chi connectivity index (χ4n) is 3.67. The molecule has 3 atom stereocenters. The van der Waals surface area contributed by atoms with Crippen molar-refractivity contribution in [3.8, 4) is 0 Å². The first-order valence-electron chi connectivity index (χ1n) is 8.30. The summed E-state index contributed by atoms with van der Waals surface area (Å²) in [5.74, 6) is -1.88. The second kappa shape index (κ2) is 6.93. The number of amides is 1. The van der Waals surface area contributed by atoms with Crippen LogP contribution >= 0.6 is 11.3 Å². The zero-order valence-electron chi connectivity index (χ0n) is 13.5. The number of aliphatic carboxylic acids is 1. The Morgan fingerprint density at radius 3 is 2.56 bits per heavy atom. The lowest BCUT2D eigenvalue weighted by molar-refractivity contribution is -0.142. The van der Waals surface area contributed by atoms with E-state index in [0.717, 1.165) is 16.7 Å². The monoisotopic (exact) mass is 376 g/mol. The van der Waals surface area contributed by atoms with Crippen molar-refractivity contribution < 1.29 is 27.9 Å². The summed E-state index contributed by atoms with van der Waals surface area (Å²) in [6.45, 7) is 0.930. The van der Waals surface area contributed by atoms with E-state index in [-0.39, 0.29) is 17.7 Å². The maximum absolute atomic E-state index is 12.7. The van der Waals surface area contributed by atoms with Crippen molar-refractivity contribution in [1.82, 2.24) is 9.88 Å². The van der Waals surface area contributed by atoms with Gasteiger partial charge in [-0.25, -0.2) is 4.98 Å². The van der Waals surface area contributed by atoms with Gasteiger partial charge in [-0.05, 0) is 32.1 Å². The Hall–Kier alpha value is -1.64. The molecule has 1 saturated carbocycles. The van der Waals surface area contributed by atoms with Crippen molar-refractivity contribution in [3.05, 3.63) is 16.1 Å². The molecule has 9 heteroatoms. The topological polar surface area (TPSA) is 70.5 Å². The minimum Gasteiger partial charge on any atom is -0.481 e. The van der Waals surface area contributed by atoms with Crippen molar-refractivity contribution in [3.63, 3.8) is 0 Å². The number of thiazole rings is 1. The first-order chi connectivity index (χ1) is 11.8. The molecule has 2 aliphatic rings. The second-order valence-electron chi connectivity index (χ2n) is 6.74. The maximum atomic E-state index is 12.7. The lowest BCUT2D eigenvalue weighted by Gasteiger charge is -2.33. The van der Waals surface area contributed by atoms with Gasteiger partial charge in [0.1, 0.15) is 0 Å². The first kappa shape index (κ1) is 18.2. The Kier molecular flexibility index (Phi) is 5.04. The van der Waals surface area contributed by atoms with Gasteiger partial charge in [0.25, 0.3) is 0 Å². The lowest BCUT2D eigenvalue weighted by atomic mass is 9.96. The third kappa shape index (κ3) is 3.96. The SMILES string of the molecule is O=C(O)[C@@H]1CC[C@H](C(=O)N2CCCC(c3nc(C(F)(F)F)cs3)C2)C1. The summed E-state index contributed by atoms with van der Waals surface area (Å²) < 4.78 is 38.1. The highest BCUT2D eigenvalue weighted by Crippen LogP contribution is 2.37. The number of nitrogens with zero attached hydrogens (tertiary/aromatic N) is 2. The Bertz CT molecular complexity index is 661. The molecule has 0 spiro atoms. The number of piperidine rings is 1. The van der Waals surface area contributed by atoms with E-state index in [4.69, 9.17) is 5.11 Å². The molecule has 2 fully saturated rings. The molecule has 0 radical (unpaired) electrons. The van der Waals surface area contributed by atoms with Crippen LogP contribution in [0.2, 0.25) is 0 Å². The molecule has 1 unspecified atom stereocenters. The fraction of sp³-hybridized carbons (Fsp3) is 0.688. The summed E-state index contributed by atoms with van der Waals surface area (Å²) >= 11 is 0.986. The Balaban J connectivity index is 1.64. The predicted octanol–water partition coefficient (Wildman–Crippen LogP) is 3.37. The molecule has 1 amide bonds. The molecule has 138 valence electrons. The third-order valence-corrected chi connectivity index (χ3v) is 6.03. The van der Waals surface area contributed by atoms with Crippen LogP contribution < -0.4 is 0 Å². The quantitative estimate of drug-likeness (QED) is 0.878. The summed E-state index contributed by atoms with van der Waals surface area (Å²) in [6.07, 6.45) is -1.61.